The molecule has 26 heavy (non-hydrogen) atoms. The quantitative estimate of drug-likeness (QED) is 0.760. The van der Waals surface area contributed by atoms with E-state index in [0.29, 0.717) is 6.42 Å². The maximum absolute atomic E-state index is 12.8. The van der Waals surface area contributed by atoms with Crippen LogP contribution in [-0.2, 0) is 17.0 Å². The van der Waals surface area contributed by atoms with Gasteiger partial charge in [-0.15, -0.1) is 0 Å². The SMILES string of the molecule is CCc1ccc(C2CNCCN2C(=O)CCSCc2ccccn2)cc1. The molecule has 0 bridgehead atoms. The summed E-state index contributed by atoms with van der Waals surface area (Å²) in [6, 6.07) is 14.8. The van der Waals surface area contributed by atoms with Gasteiger partial charge in [-0.25, -0.2) is 0 Å². The van der Waals surface area contributed by atoms with Crippen LogP contribution in [0.1, 0.15) is 36.2 Å². The van der Waals surface area contributed by atoms with E-state index in [1.54, 1.807) is 11.8 Å². The van der Waals surface area contributed by atoms with Gasteiger partial charge < -0.3 is 10.2 Å². The lowest BCUT2D eigenvalue weighted by atomic mass is 10.0. The molecule has 1 aliphatic heterocycles. The zero-order chi connectivity index (χ0) is 18.2. The van der Waals surface area contributed by atoms with Gasteiger partial charge in [0, 0.05) is 43.8 Å². The topological polar surface area (TPSA) is 45.2 Å². The molecule has 138 valence electrons. The number of piperazine rings is 1. The first kappa shape index (κ1) is 18.9. The van der Waals surface area contributed by atoms with Crippen LogP contribution < -0.4 is 5.32 Å². The van der Waals surface area contributed by atoms with Gasteiger partial charge in [0.05, 0.1) is 11.7 Å². The zero-order valence-electron chi connectivity index (χ0n) is 15.4. The number of carbonyl (C=O) groups excluding carboxylic acids is 1. The second-order valence-electron chi connectivity index (χ2n) is 6.53. The highest BCUT2D eigenvalue weighted by Crippen LogP contribution is 2.24. The van der Waals surface area contributed by atoms with Crippen molar-refractivity contribution in [3.63, 3.8) is 0 Å². The first-order valence-corrected chi connectivity index (χ1v) is 10.5. The van der Waals surface area contributed by atoms with Gasteiger partial charge in [-0.3, -0.25) is 9.78 Å². The van der Waals surface area contributed by atoms with Gasteiger partial charge in [0.25, 0.3) is 0 Å². The van der Waals surface area contributed by atoms with E-state index in [2.05, 4.69) is 46.4 Å². The lowest BCUT2D eigenvalue weighted by Crippen LogP contribution is -2.48. The second-order valence-corrected chi connectivity index (χ2v) is 7.63. The van der Waals surface area contributed by atoms with Crippen LogP contribution in [0.5, 0.6) is 0 Å². The van der Waals surface area contributed by atoms with Crippen molar-refractivity contribution in [2.75, 3.05) is 25.4 Å². The highest BCUT2D eigenvalue weighted by atomic mass is 32.2. The standard InChI is InChI=1S/C21H27N3OS/c1-2-17-6-8-18(9-7-17)20-15-22-12-13-24(20)21(25)10-14-26-16-19-5-3-4-11-23-19/h3-9,11,20,22H,2,10,12-16H2,1H3. The van der Waals surface area contributed by atoms with Crippen molar-refractivity contribution in [3.05, 3.63) is 65.5 Å². The summed E-state index contributed by atoms with van der Waals surface area (Å²) in [6.07, 6.45) is 3.44. The van der Waals surface area contributed by atoms with Gasteiger partial charge in [-0.05, 0) is 29.7 Å². The van der Waals surface area contributed by atoms with Crippen LogP contribution in [0.25, 0.3) is 0 Å². The molecule has 5 heteroatoms. The molecule has 2 heterocycles. The van der Waals surface area contributed by atoms with Gasteiger partial charge in [-0.2, -0.15) is 11.8 Å². The number of nitrogens with zero attached hydrogens (tertiary/aromatic N) is 2. The van der Waals surface area contributed by atoms with Crippen LogP contribution in [0.15, 0.2) is 48.7 Å². The fraction of sp³-hybridized carbons (Fsp3) is 0.429. The molecule has 3 rings (SSSR count). The van der Waals surface area contributed by atoms with E-state index in [1.165, 1.54) is 11.1 Å². The van der Waals surface area contributed by atoms with Crippen molar-refractivity contribution in [2.24, 2.45) is 0 Å². The second kappa shape index (κ2) is 9.74. The number of carbonyl (C=O) groups is 1. The predicted octanol–water partition coefficient (Wildman–Crippen LogP) is 3.44. The fourth-order valence-corrected chi connectivity index (χ4v) is 4.08. The Hall–Kier alpha value is -1.85. The minimum absolute atomic E-state index is 0.142. The number of thioether (sulfide) groups is 1. The van der Waals surface area contributed by atoms with E-state index in [1.807, 2.05) is 24.4 Å². The Kier molecular flexibility index (Phi) is 7.09. The van der Waals surface area contributed by atoms with Crippen molar-refractivity contribution in [1.82, 2.24) is 15.2 Å². The predicted molar refractivity (Wildman–Crippen MR) is 108 cm³/mol. The highest BCUT2D eigenvalue weighted by molar-refractivity contribution is 7.98. The molecule has 1 unspecified atom stereocenters. The van der Waals surface area contributed by atoms with Crippen LogP contribution >= 0.6 is 11.8 Å². The Morgan fingerprint density at radius 1 is 1.27 bits per heavy atom. The summed E-state index contributed by atoms with van der Waals surface area (Å²) in [5.41, 5.74) is 3.63. The molecule has 0 saturated carbocycles. The molecule has 1 aliphatic rings. The Labute approximate surface area is 160 Å². The Bertz CT molecular complexity index is 690. The van der Waals surface area contributed by atoms with Gasteiger partial charge in [-0.1, -0.05) is 37.3 Å². The van der Waals surface area contributed by atoms with Crippen molar-refractivity contribution in [1.29, 1.82) is 0 Å². The molecular formula is C21H27N3OS. The number of benzene rings is 1. The first-order chi connectivity index (χ1) is 12.8. The average molecular weight is 370 g/mol. The van der Waals surface area contributed by atoms with E-state index in [0.717, 1.165) is 43.3 Å². The number of aryl methyl sites for hydroxylation is 1. The highest BCUT2D eigenvalue weighted by Gasteiger charge is 2.27. The maximum Gasteiger partial charge on any atom is 0.224 e. The van der Waals surface area contributed by atoms with Gasteiger partial charge in [0.2, 0.25) is 5.91 Å². The fourth-order valence-electron chi connectivity index (χ4n) is 3.24. The molecular weight excluding hydrogens is 342 g/mol. The molecule has 1 N–H and O–H groups in total. The molecule has 1 fully saturated rings. The number of hydrogen-bond donors (Lipinski definition) is 1. The molecule has 0 aliphatic carbocycles. The number of nitrogens with one attached hydrogen (secondary N) is 1. The van der Waals surface area contributed by atoms with Crippen molar-refractivity contribution >= 4 is 17.7 Å². The number of aromatic nitrogens is 1. The zero-order valence-corrected chi connectivity index (χ0v) is 16.2. The molecule has 1 saturated heterocycles. The Balaban J connectivity index is 1.53. The lowest BCUT2D eigenvalue weighted by Gasteiger charge is -2.36. The summed E-state index contributed by atoms with van der Waals surface area (Å²) in [5.74, 6) is 1.95. The summed E-state index contributed by atoms with van der Waals surface area (Å²) >= 11 is 1.78. The molecule has 4 nitrogen and oxygen atoms in total. The number of pyridine rings is 1. The Morgan fingerprint density at radius 3 is 2.85 bits per heavy atom. The lowest BCUT2D eigenvalue weighted by molar-refractivity contribution is -0.134. The summed E-state index contributed by atoms with van der Waals surface area (Å²) in [4.78, 5) is 19.2. The average Bonchev–Trinajstić information content (AvgIpc) is 2.72. The molecule has 1 aromatic carbocycles. The van der Waals surface area contributed by atoms with E-state index in [-0.39, 0.29) is 11.9 Å². The molecule has 1 aromatic heterocycles. The summed E-state index contributed by atoms with van der Waals surface area (Å²) < 4.78 is 0. The monoisotopic (exact) mass is 369 g/mol. The van der Waals surface area contributed by atoms with Gasteiger partial charge in [0.15, 0.2) is 0 Å². The first-order valence-electron chi connectivity index (χ1n) is 9.34. The van der Waals surface area contributed by atoms with Crippen LogP contribution in [0.3, 0.4) is 0 Å². The van der Waals surface area contributed by atoms with E-state index in [9.17, 15) is 4.79 Å². The van der Waals surface area contributed by atoms with Crippen molar-refractivity contribution in [3.8, 4) is 0 Å². The number of amides is 1. The van der Waals surface area contributed by atoms with E-state index in [4.69, 9.17) is 0 Å². The normalized spacial score (nSPS) is 17.3. The van der Waals surface area contributed by atoms with Gasteiger partial charge in [0.1, 0.15) is 0 Å². The van der Waals surface area contributed by atoms with Crippen molar-refractivity contribution in [2.45, 2.75) is 31.6 Å². The number of rotatable bonds is 7. The summed E-state index contributed by atoms with van der Waals surface area (Å²) in [6.45, 7) is 4.65. The summed E-state index contributed by atoms with van der Waals surface area (Å²) in [7, 11) is 0. The molecule has 0 spiro atoms. The van der Waals surface area contributed by atoms with Crippen LogP contribution in [0.2, 0.25) is 0 Å². The molecule has 0 radical (unpaired) electrons. The van der Waals surface area contributed by atoms with Gasteiger partial charge >= 0.3 is 0 Å². The van der Waals surface area contributed by atoms with Crippen LogP contribution in [-0.4, -0.2) is 41.2 Å². The minimum atomic E-state index is 0.142. The molecule has 1 amide bonds. The number of hydrogen-bond acceptors (Lipinski definition) is 4. The van der Waals surface area contributed by atoms with Crippen LogP contribution in [0.4, 0.5) is 0 Å². The van der Waals surface area contributed by atoms with Crippen molar-refractivity contribution < 1.29 is 4.79 Å². The molecule has 1 atom stereocenters. The third-order valence-electron chi connectivity index (χ3n) is 4.77. The third kappa shape index (κ3) is 5.08. The smallest absolute Gasteiger partial charge is 0.224 e. The third-order valence-corrected chi connectivity index (χ3v) is 5.77. The molecule has 2 aromatic rings. The van der Waals surface area contributed by atoms with Crippen LogP contribution in [0, 0.1) is 0 Å². The summed E-state index contributed by atoms with van der Waals surface area (Å²) in [5, 5.41) is 3.43. The Morgan fingerprint density at radius 2 is 2.12 bits per heavy atom. The van der Waals surface area contributed by atoms with E-state index >= 15 is 0 Å². The minimum Gasteiger partial charge on any atom is -0.333 e. The largest absolute Gasteiger partial charge is 0.333 e. The van der Waals surface area contributed by atoms with E-state index < -0.39 is 0 Å². The maximum atomic E-state index is 12.8.